The number of Topliss-reactive ketones (excluding diaryl/α,β-unsaturated/α-hetero) is 1. The SMILES string of the molecule is CCN(CC)c1ccc(C2C(C(=O)OC(C)C)=C(C)NC3=CC(C)(C)CC(=O)C32)cc1. The van der Waals surface area contributed by atoms with Crippen LogP contribution in [0.3, 0.4) is 0 Å². The Balaban J connectivity index is 2.12. The first kappa shape index (κ1) is 23.1. The molecule has 168 valence electrons. The summed E-state index contributed by atoms with van der Waals surface area (Å²) in [5.74, 6) is -0.941. The molecule has 5 heteroatoms. The molecule has 1 N–H and O–H groups in total. The zero-order chi connectivity index (χ0) is 22.9. The molecule has 1 heterocycles. The van der Waals surface area contributed by atoms with Gasteiger partial charge in [-0.1, -0.05) is 32.1 Å². The number of hydrogen-bond acceptors (Lipinski definition) is 5. The Hall–Kier alpha value is -2.56. The van der Waals surface area contributed by atoms with Crippen LogP contribution in [0.1, 0.15) is 66.4 Å². The number of anilines is 1. The van der Waals surface area contributed by atoms with E-state index in [1.165, 1.54) is 0 Å². The van der Waals surface area contributed by atoms with Crippen LogP contribution in [0.25, 0.3) is 0 Å². The van der Waals surface area contributed by atoms with Crippen LogP contribution in [0.15, 0.2) is 47.3 Å². The molecule has 2 aliphatic rings. The molecule has 2 atom stereocenters. The van der Waals surface area contributed by atoms with Gasteiger partial charge in [-0.3, -0.25) is 4.79 Å². The molecule has 0 amide bonds. The minimum atomic E-state index is -0.397. The number of benzene rings is 1. The Bertz CT molecular complexity index is 905. The number of hydrogen-bond donors (Lipinski definition) is 1. The highest BCUT2D eigenvalue weighted by Gasteiger charge is 2.46. The molecule has 1 aromatic rings. The Kier molecular flexibility index (Phi) is 6.63. The van der Waals surface area contributed by atoms with Gasteiger partial charge in [0.15, 0.2) is 0 Å². The van der Waals surface area contributed by atoms with Gasteiger partial charge in [0.1, 0.15) is 5.78 Å². The van der Waals surface area contributed by atoms with Crippen molar-refractivity contribution in [2.45, 2.75) is 66.9 Å². The monoisotopic (exact) mass is 424 g/mol. The van der Waals surface area contributed by atoms with Crippen molar-refractivity contribution in [3.05, 3.63) is 52.9 Å². The van der Waals surface area contributed by atoms with E-state index in [2.05, 4.69) is 68.3 Å². The smallest absolute Gasteiger partial charge is 0.336 e. The summed E-state index contributed by atoms with van der Waals surface area (Å²) < 4.78 is 5.59. The summed E-state index contributed by atoms with van der Waals surface area (Å²) in [6, 6.07) is 8.30. The number of rotatable bonds is 6. The van der Waals surface area contributed by atoms with E-state index in [1.807, 2.05) is 20.8 Å². The van der Waals surface area contributed by atoms with E-state index in [4.69, 9.17) is 4.74 Å². The van der Waals surface area contributed by atoms with Crippen molar-refractivity contribution in [3.8, 4) is 0 Å². The maximum absolute atomic E-state index is 13.3. The van der Waals surface area contributed by atoms with Gasteiger partial charge >= 0.3 is 5.97 Å². The van der Waals surface area contributed by atoms with Crippen molar-refractivity contribution in [1.82, 2.24) is 5.32 Å². The third kappa shape index (κ3) is 4.70. The lowest BCUT2D eigenvalue weighted by molar-refractivity contribution is -0.143. The second-order valence-electron chi connectivity index (χ2n) is 9.57. The van der Waals surface area contributed by atoms with E-state index in [0.29, 0.717) is 12.0 Å². The molecular weight excluding hydrogens is 388 g/mol. The number of ether oxygens (including phenoxy) is 1. The average molecular weight is 425 g/mol. The van der Waals surface area contributed by atoms with Crippen molar-refractivity contribution in [1.29, 1.82) is 0 Å². The maximum Gasteiger partial charge on any atom is 0.336 e. The van der Waals surface area contributed by atoms with Gasteiger partial charge in [-0.15, -0.1) is 0 Å². The third-order valence-electron chi connectivity index (χ3n) is 6.18. The van der Waals surface area contributed by atoms with Crippen LogP contribution in [0.2, 0.25) is 0 Å². The molecule has 1 aliphatic heterocycles. The van der Waals surface area contributed by atoms with Crippen LogP contribution >= 0.6 is 0 Å². The number of nitrogens with one attached hydrogen (secondary N) is 1. The molecule has 0 saturated carbocycles. The lowest BCUT2D eigenvalue weighted by Gasteiger charge is -2.41. The maximum atomic E-state index is 13.3. The fraction of sp³-hybridized carbons (Fsp3) is 0.538. The fourth-order valence-corrected chi connectivity index (χ4v) is 4.86. The fourth-order valence-electron chi connectivity index (χ4n) is 4.86. The molecule has 0 radical (unpaired) electrons. The van der Waals surface area contributed by atoms with Crippen molar-refractivity contribution >= 4 is 17.4 Å². The van der Waals surface area contributed by atoms with Gasteiger partial charge in [0.25, 0.3) is 0 Å². The molecule has 5 nitrogen and oxygen atoms in total. The molecular formula is C26H36N2O3. The normalized spacial score (nSPS) is 22.6. The lowest BCUT2D eigenvalue weighted by atomic mass is 9.66. The second kappa shape index (κ2) is 8.89. The number of ketones is 1. The van der Waals surface area contributed by atoms with E-state index >= 15 is 0 Å². The van der Waals surface area contributed by atoms with Gasteiger partial charge in [0, 0.05) is 42.5 Å². The molecule has 1 aliphatic carbocycles. The highest BCUT2D eigenvalue weighted by Crippen LogP contribution is 2.47. The quantitative estimate of drug-likeness (QED) is 0.655. The minimum Gasteiger partial charge on any atom is -0.460 e. The third-order valence-corrected chi connectivity index (χ3v) is 6.18. The van der Waals surface area contributed by atoms with E-state index < -0.39 is 5.92 Å². The molecule has 0 bridgehead atoms. The zero-order valence-electron chi connectivity index (χ0n) is 19.9. The number of esters is 1. The van der Waals surface area contributed by atoms with Crippen molar-refractivity contribution < 1.29 is 14.3 Å². The minimum absolute atomic E-state index is 0.162. The Morgan fingerprint density at radius 2 is 1.77 bits per heavy atom. The number of nitrogens with zero attached hydrogens (tertiary/aromatic N) is 1. The van der Waals surface area contributed by atoms with E-state index in [0.717, 1.165) is 35.7 Å². The first-order valence-corrected chi connectivity index (χ1v) is 11.4. The highest BCUT2D eigenvalue weighted by atomic mass is 16.5. The van der Waals surface area contributed by atoms with Gasteiger partial charge in [0.2, 0.25) is 0 Å². The highest BCUT2D eigenvalue weighted by molar-refractivity contribution is 5.96. The van der Waals surface area contributed by atoms with Gasteiger partial charge in [-0.2, -0.15) is 0 Å². The van der Waals surface area contributed by atoms with E-state index in [9.17, 15) is 9.59 Å². The van der Waals surface area contributed by atoms with Crippen LogP contribution in [-0.2, 0) is 14.3 Å². The number of allylic oxidation sites excluding steroid dienone is 3. The second-order valence-corrected chi connectivity index (χ2v) is 9.57. The summed E-state index contributed by atoms with van der Waals surface area (Å²) in [5.41, 5.74) is 4.12. The summed E-state index contributed by atoms with van der Waals surface area (Å²) in [6.45, 7) is 15.9. The van der Waals surface area contributed by atoms with Crippen LogP contribution in [0.5, 0.6) is 0 Å². The summed E-state index contributed by atoms with van der Waals surface area (Å²) >= 11 is 0. The van der Waals surface area contributed by atoms with Gasteiger partial charge in [0.05, 0.1) is 17.6 Å². The number of carbonyl (C=O) groups is 2. The van der Waals surface area contributed by atoms with Gasteiger partial charge in [-0.25, -0.2) is 4.79 Å². The molecule has 1 aromatic carbocycles. The molecule has 2 unspecified atom stereocenters. The first-order chi connectivity index (χ1) is 14.6. The predicted octanol–water partition coefficient (Wildman–Crippen LogP) is 4.94. The zero-order valence-corrected chi connectivity index (χ0v) is 19.9. The summed E-state index contributed by atoms with van der Waals surface area (Å²) in [5, 5.41) is 3.37. The van der Waals surface area contributed by atoms with Crippen molar-refractivity contribution in [2.75, 3.05) is 18.0 Å². The van der Waals surface area contributed by atoms with E-state index in [-0.39, 0.29) is 29.2 Å². The molecule has 0 saturated heterocycles. The molecule has 0 fully saturated rings. The number of carbonyl (C=O) groups excluding carboxylic acids is 2. The molecule has 0 spiro atoms. The average Bonchev–Trinajstić information content (AvgIpc) is 2.66. The van der Waals surface area contributed by atoms with Gasteiger partial charge < -0.3 is 15.0 Å². The number of fused-ring (bicyclic) bond motifs is 1. The molecule has 3 rings (SSSR count). The molecule has 31 heavy (non-hydrogen) atoms. The summed E-state index contributed by atoms with van der Waals surface area (Å²) in [4.78, 5) is 28.7. The Morgan fingerprint density at radius 1 is 1.16 bits per heavy atom. The van der Waals surface area contributed by atoms with Crippen LogP contribution in [0, 0.1) is 11.3 Å². The standard InChI is InChI=1S/C26H36N2O3/c1-8-28(9-2)19-12-10-18(11-13-19)23-22(25(30)31-16(3)4)17(5)27-20-14-26(6,7)15-21(29)24(20)23/h10-14,16,23-24,27H,8-9,15H2,1-7H3. The van der Waals surface area contributed by atoms with Crippen LogP contribution in [-0.4, -0.2) is 30.9 Å². The lowest BCUT2D eigenvalue weighted by Crippen LogP contribution is -2.43. The Labute approximate surface area is 186 Å². The van der Waals surface area contributed by atoms with Gasteiger partial charge in [-0.05, 0) is 57.7 Å². The summed E-state index contributed by atoms with van der Waals surface area (Å²) in [6.07, 6.45) is 2.39. The Morgan fingerprint density at radius 3 is 2.32 bits per heavy atom. The predicted molar refractivity (Wildman–Crippen MR) is 125 cm³/mol. The largest absolute Gasteiger partial charge is 0.460 e. The van der Waals surface area contributed by atoms with Crippen LogP contribution in [0.4, 0.5) is 5.69 Å². The molecule has 0 aromatic heterocycles. The van der Waals surface area contributed by atoms with Crippen LogP contribution < -0.4 is 10.2 Å². The topological polar surface area (TPSA) is 58.6 Å². The summed E-state index contributed by atoms with van der Waals surface area (Å²) in [7, 11) is 0. The first-order valence-electron chi connectivity index (χ1n) is 11.4. The van der Waals surface area contributed by atoms with Crippen molar-refractivity contribution in [2.24, 2.45) is 11.3 Å². The van der Waals surface area contributed by atoms with E-state index in [1.54, 1.807) is 0 Å². The van der Waals surface area contributed by atoms with Crippen molar-refractivity contribution in [3.63, 3.8) is 0 Å².